The maximum Gasteiger partial charge on any atom is 0.416 e. The van der Waals surface area contributed by atoms with Crippen LogP contribution in [0.25, 0.3) is 0 Å². The summed E-state index contributed by atoms with van der Waals surface area (Å²) in [5.41, 5.74) is -0.914. The molecular formula is C11H9F3N4O. The zero-order valence-corrected chi connectivity index (χ0v) is 9.75. The summed E-state index contributed by atoms with van der Waals surface area (Å²) in [6, 6.07) is 4.55. The van der Waals surface area contributed by atoms with Crippen molar-refractivity contribution >= 4 is 11.6 Å². The van der Waals surface area contributed by atoms with E-state index in [9.17, 15) is 18.0 Å². The van der Waals surface area contributed by atoms with Crippen molar-refractivity contribution in [1.29, 1.82) is 0 Å². The molecule has 8 heteroatoms. The Kier molecular flexibility index (Phi) is 3.24. The number of anilines is 2. The lowest BCUT2D eigenvalue weighted by Crippen LogP contribution is -2.15. The Morgan fingerprint density at radius 3 is 2.63 bits per heavy atom. The second kappa shape index (κ2) is 4.71. The average Bonchev–Trinajstić information content (AvgIpc) is 2.33. The number of hydrogen-bond acceptors (Lipinski definition) is 4. The number of aromatic amines is 1. The molecule has 0 radical (unpaired) electrons. The molecule has 0 spiro atoms. The van der Waals surface area contributed by atoms with Gasteiger partial charge < -0.3 is 5.32 Å². The Morgan fingerprint density at radius 1 is 1.26 bits per heavy atom. The molecule has 0 aliphatic rings. The summed E-state index contributed by atoms with van der Waals surface area (Å²) in [4.78, 5) is 13.6. The van der Waals surface area contributed by atoms with E-state index >= 15 is 0 Å². The van der Waals surface area contributed by atoms with Crippen molar-refractivity contribution in [2.45, 2.75) is 13.1 Å². The van der Waals surface area contributed by atoms with Gasteiger partial charge in [0, 0.05) is 5.69 Å². The molecule has 2 aromatic rings. The van der Waals surface area contributed by atoms with Gasteiger partial charge in [0.05, 0.1) is 5.56 Å². The predicted molar refractivity (Wildman–Crippen MR) is 62.1 cm³/mol. The fraction of sp³-hybridized carbons (Fsp3) is 0.182. The lowest BCUT2D eigenvalue weighted by molar-refractivity contribution is -0.137. The van der Waals surface area contributed by atoms with Gasteiger partial charge in [0.1, 0.15) is 5.69 Å². The van der Waals surface area contributed by atoms with Crippen molar-refractivity contribution in [2.24, 2.45) is 0 Å². The number of hydrogen-bond donors (Lipinski definition) is 2. The largest absolute Gasteiger partial charge is 0.416 e. The molecule has 2 rings (SSSR count). The number of nitrogens with zero attached hydrogens (tertiary/aromatic N) is 2. The Balaban J connectivity index is 2.28. The summed E-state index contributed by atoms with van der Waals surface area (Å²) in [6.07, 6.45) is -4.43. The average molecular weight is 270 g/mol. The molecule has 0 saturated heterocycles. The number of aryl methyl sites for hydroxylation is 1. The van der Waals surface area contributed by atoms with Gasteiger partial charge >= 0.3 is 6.18 Å². The summed E-state index contributed by atoms with van der Waals surface area (Å²) in [5.74, 6) is -0.0186. The highest BCUT2D eigenvalue weighted by Crippen LogP contribution is 2.30. The van der Waals surface area contributed by atoms with Gasteiger partial charge in [-0.2, -0.15) is 13.2 Å². The molecule has 5 nitrogen and oxygen atoms in total. The Morgan fingerprint density at radius 2 is 2.00 bits per heavy atom. The zero-order valence-electron chi connectivity index (χ0n) is 9.75. The number of rotatable bonds is 2. The molecular weight excluding hydrogens is 261 g/mol. The SMILES string of the molecule is Cc1nnc(Nc2cccc(C(F)(F)F)c2)[nH]c1=O. The van der Waals surface area contributed by atoms with Crippen molar-refractivity contribution < 1.29 is 13.2 Å². The standard InChI is InChI=1S/C11H9F3N4O/c1-6-9(19)16-10(18-17-6)15-8-4-2-3-7(5-8)11(12,13)14/h2-5H,1H3,(H2,15,16,18,19). The minimum Gasteiger partial charge on any atom is -0.324 e. The molecule has 0 unspecified atom stereocenters. The summed E-state index contributed by atoms with van der Waals surface area (Å²) in [6.45, 7) is 1.47. The number of H-pyrrole nitrogens is 1. The molecule has 0 aliphatic carbocycles. The molecule has 100 valence electrons. The van der Waals surface area contributed by atoms with E-state index in [1.54, 1.807) is 0 Å². The van der Waals surface area contributed by atoms with Gasteiger partial charge in [0.25, 0.3) is 5.56 Å². The molecule has 19 heavy (non-hydrogen) atoms. The van der Waals surface area contributed by atoms with Crippen molar-refractivity contribution in [3.8, 4) is 0 Å². The molecule has 1 aromatic heterocycles. The fourth-order valence-electron chi connectivity index (χ4n) is 1.36. The van der Waals surface area contributed by atoms with Crippen LogP contribution in [0, 0.1) is 6.92 Å². The van der Waals surface area contributed by atoms with Crippen molar-refractivity contribution in [3.63, 3.8) is 0 Å². The Hall–Kier alpha value is -2.38. The van der Waals surface area contributed by atoms with Gasteiger partial charge in [-0.15, -0.1) is 10.2 Å². The van der Waals surface area contributed by atoms with Crippen LogP contribution in [0.4, 0.5) is 24.8 Å². The maximum absolute atomic E-state index is 12.5. The second-order valence-electron chi connectivity index (χ2n) is 3.79. The topological polar surface area (TPSA) is 70.7 Å². The highest BCUT2D eigenvalue weighted by Gasteiger charge is 2.30. The van der Waals surface area contributed by atoms with Gasteiger partial charge in [-0.05, 0) is 25.1 Å². The highest BCUT2D eigenvalue weighted by molar-refractivity contribution is 5.54. The van der Waals surface area contributed by atoms with Gasteiger partial charge in [0.15, 0.2) is 0 Å². The predicted octanol–water partition coefficient (Wildman–Crippen LogP) is 2.24. The minimum atomic E-state index is -4.43. The molecule has 2 N–H and O–H groups in total. The minimum absolute atomic E-state index is 0.0186. The quantitative estimate of drug-likeness (QED) is 0.878. The maximum atomic E-state index is 12.5. The highest BCUT2D eigenvalue weighted by atomic mass is 19.4. The molecule has 0 atom stereocenters. The third-order valence-corrected chi connectivity index (χ3v) is 2.31. The smallest absolute Gasteiger partial charge is 0.324 e. The number of nitrogens with one attached hydrogen (secondary N) is 2. The van der Waals surface area contributed by atoms with Crippen molar-refractivity contribution in [2.75, 3.05) is 5.32 Å². The van der Waals surface area contributed by atoms with Crippen LogP contribution in [0.1, 0.15) is 11.3 Å². The van der Waals surface area contributed by atoms with Crippen LogP contribution in [0.15, 0.2) is 29.1 Å². The Bertz CT molecular complexity index is 651. The van der Waals surface area contributed by atoms with Crippen LogP contribution in [0.5, 0.6) is 0 Å². The first kappa shape index (κ1) is 13.1. The number of aromatic nitrogens is 3. The Labute approximate surface area is 105 Å². The van der Waals surface area contributed by atoms with E-state index in [0.29, 0.717) is 0 Å². The normalized spacial score (nSPS) is 11.4. The molecule has 0 bridgehead atoms. The van der Waals surface area contributed by atoms with Crippen molar-refractivity contribution in [3.05, 3.63) is 45.9 Å². The van der Waals surface area contributed by atoms with Crippen LogP contribution in [-0.4, -0.2) is 15.2 Å². The van der Waals surface area contributed by atoms with E-state index in [2.05, 4.69) is 20.5 Å². The van der Waals surface area contributed by atoms with E-state index in [0.717, 1.165) is 12.1 Å². The number of benzene rings is 1. The first-order valence-electron chi connectivity index (χ1n) is 5.24. The van der Waals surface area contributed by atoms with E-state index in [-0.39, 0.29) is 17.3 Å². The second-order valence-corrected chi connectivity index (χ2v) is 3.79. The number of halogens is 3. The lowest BCUT2D eigenvalue weighted by Gasteiger charge is -2.09. The molecule has 0 amide bonds. The molecule has 0 saturated carbocycles. The first-order chi connectivity index (χ1) is 8.86. The summed E-state index contributed by atoms with van der Waals surface area (Å²) < 4.78 is 37.5. The van der Waals surface area contributed by atoms with Crippen LogP contribution in [0.3, 0.4) is 0 Å². The van der Waals surface area contributed by atoms with E-state index in [4.69, 9.17) is 0 Å². The van der Waals surface area contributed by atoms with Gasteiger partial charge in [-0.3, -0.25) is 9.78 Å². The summed E-state index contributed by atoms with van der Waals surface area (Å²) in [5, 5.41) is 9.75. The zero-order chi connectivity index (χ0) is 14.0. The van der Waals surface area contributed by atoms with Crippen LogP contribution in [0.2, 0.25) is 0 Å². The molecule has 1 aromatic carbocycles. The van der Waals surface area contributed by atoms with Crippen molar-refractivity contribution in [1.82, 2.24) is 15.2 Å². The van der Waals surface area contributed by atoms with Gasteiger partial charge in [-0.1, -0.05) is 6.07 Å². The van der Waals surface area contributed by atoms with Crippen LogP contribution in [-0.2, 0) is 6.18 Å². The van der Waals surface area contributed by atoms with E-state index in [1.165, 1.54) is 19.1 Å². The first-order valence-corrected chi connectivity index (χ1v) is 5.24. The van der Waals surface area contributed by atoms with E-state index in [1.807, 2.05) is 0 Å². The monoisotopic (exact) mass is 270 g/mol. The van der Waals surface area contributed by atoms with Crippen LogP contribution >= 0.6 is 0 Å². The van der Waals surface area contributed by atoms with Crippen LogP contribution < -0.4 is 10.9 Å². The molecule has 1 heterocycles. The third-order valence-electron chi connectivity index (χ3n) is 2.31. The van der Waals surface area contributed by atoms with E-state index < -0.39 is 17.3 Å². The van der Waals surface area contributed by atoms with Gasteiger partial charge in [0.2, 0.25) is 5.95 Å². The van der Waals surface area contributed by atoms with Gasteiger partial charge in [-0.25, -0.2) is 0 Å². The number of alkyl halides is 3. The lowest BCUT2D eigenvalue weighted by atomic mass is 10.2. The molecule has 0 aliphatic heterocycles. The summed E-state index contributed by atoms with van der Waals surface area (Å²) in [7, 11) is 0. The third kappa shape index (κ3) is 3.09. The summed E-state index contributed by atoms with van der Waals surface area (Å²) >= 11 is 0. The molecule has 0 fully saturated rings. The fourth-order valence-corrected chi connectivity index (χ4v) is 1.36.